The number of furan rings is 1. The van der Waals surface area contributed by atoms with E-state index < -0.39 is 0 Å². The van der Waals surface area contributed by atoms with E-state index in [4.69, 9.17) is 19.4 Å². The number of nitrogens with zero attached hydrogens (tertiary/aromatic N) is 5. The van der Waals surface area contributed by atoms with Gasteiger partial charge in [0.2, 0.25) is 5.78 Å². The molecule has 53 heavy (non-hydrogen) atoms. The number of para-hydroxylation sites is 4. The lowest BCUT2D eigenvalue weighted by molar-refractivity contribution is 0.669. The van der Waals surface area contributed by atoms with Crippen molar-refractivity contribution >= 4 is 49.8 Å². The van der Waals surface area contributed by atoms with Crippen molar-refractivity contribution in [1.82, 2.24) is 23.9 Å². The molecule has 6 heteroatoms. The second-order valence-electron chi connectivity index (χ2n) is 13.3. The van der Waals surface area contributed by atoms with Gasteiger partial charge in [-0.25, -0.2) is 15.0 Å². The van der Waals surface area contributed by atoms with E-state index in [-0.39, 0.29) is 0 Å². The first-order chi connectivity index (χ1) is 26.2. The monoisotopic (exact) mass is 679 g/mol. The number of benzene rings is 7. The van der Waals surface area contributed by atoms with Gasteiger partial charge in [-0.1, -0.05) is 109 Å². The molecular formula is C47H29N5O. The molecule has 0 radical (unpaired) electrons. The number of fused-ring (bicyclic) bond motifs is 8. The highest BCUT2D eigenvalue weighted by atomic mass is 16.3. The first-order valence-electron chi connectivity index (χ1n) is 17.7. The molecule has 0 saturated carbocycles. The predicted molar refractivity (Wildman–Crippen MR) is 214 cm³/mol. The molecular weight excluding hydrogens is 651 g/mol. The summed E-state index contributed by atoms with van der Waals surface area (Å²) in [5.41, 5.74) is 14.0. The third-order valence-corrected chi connectivity index (χ3v) is 10.1. The SMILES string of the molecule is c1ccc(-c2cc(-c3cccc(-c4ccc5oc6ccc(-n7c8ccccc8n8c9ccccc9nc78)cc6c5c4)c3)nc(-c3ccccc3)n2)cc1. The van der Waals surface area contributed by atoms with Gasteiger partial charge in [-0.3, -0.25) is 8.97 Å². The number of imidazole rings is 2. The quantitative estimate of drug-likeness (QED) is 0.182. The fraction of sp³-hybridized carbons (Fsp3) is 0. The number of aromatic nitrogens is 5. The lowest BCUT2D eigenvalue weighted by atomic mass is 9.99. The van der Waals surface area contributed by atoms with Crippen LogP contribution in [0, 0.1) is 0 Å². The van der Waals surface area contributed by atoms with Gasteiger partial charge in [-0.2, -0.15) is 0 Å². The van der Waals surface area contributed by atoms with Crippen LogP contribution in [0.4, 0.5) is 0 Å². The van der Waals surface area contributed by atoms with Gasteiger partial charge < -0.3 is 4.42 Å². The van der Waals surface area contributed by atoms with E-state index in [0.29, 0.717) is 5.82 Å². The summed E-state index contributed by atoms with van der Waals surface area (Å²) in [5, 5.41) is 2.11. The van der Waals surface area contributed by atoms with Gasteiger partial charge in [-0.15, -0.1) is 0 Å². The van der Waals surface area contributed by atoms with Crippen LogP contribution in [0.25, 0.3) is 100 Å². The molecule has 6 nitrogen and oxygen atoms in total. The van der Waals surface area contributed by atoms with Crippen LogP contribution in [0.1, 0.15) is 0 Å². The van der Waals surface area contributed by atoms with Crippen molar-refractivity contribution in [3.63, 3.8) is 0 Å². The largest absolute Gasteiger partial charge is 0.456 e. The summed E-state index contributed by atoms with van der Waals surface area (Å²) in [6.07, 6.45) is 0. The summed E-state index contributed by atoms with van der Waals surface area (Å²) in [5.74, 6) is 1.58. The van der Waals surface area contributed by atoms with Crippen LogP contribution in [0.15, 0.2) is 180 Å². The predicted octanol–water partition coefficient (Wildman–Crippen LogP) is 11.8. The topological polar surface area (TPSA) is 61.2 Å². The molecule has 0 saturated heterocycles. The Kier molecular flexibility index (Phi) is 6.45. The molecule has 11 rings (SSSR count). The van der Waals surface area contributed by atoms with Gasteiger partial charge in [0.1, 0.15) is 11.2 Å². The number of rotatable bonds is 5. The molecule has 248 valence electrons. The average molecular weight is 680 g/mol. The van der Waals surface area contributed by atoms with Crippen LogP contribution in [0.2, 0.25) is 0 Å². The molecule has 0 aliphatic carbocycles. The summed E-state index contributed by atoms with van der Waals surface area (Å²) in [6, 6.07) is 60.8. The zero-order valence-corrected chi connectivity index (χ0v) is 28.4. The van der Waals surface area contributed by atoms with E-state index in [0.717, 1.165) is 94.7 Å². The van der Waals surface area contributed by atoms with E-state index in [1.807, 2.05) is 42.5 Å². The normalized spacial score (nSPS) is 11.8. The van der Waals surface area contributed by atoms with E-state index in [1.54, 1.807) is 0 Å². The van der Waals surface area contributed by atoms with Crippen LogP contribution in [-0.2, 0) is 0 Å². The zero-order valence-electron chi connectivity index (χ0n) is 28.4. The van der Waals surface area contributed by atoms with Gasteiger partial charge >= 0.3 is 0 Å². The van der Waals surface area contributed by atoms with Crippen molar-refractivity contribution in [1.29, 1.82) is 0 Å². The standard InChI is InChI=1S/C47H29N5O/c1-3-12-30(13-4-1)39-29-40(49-46(48-39)31-14-5-2-6-15-31)34-17-11-16-32(26-34)33-22-24-44-36(27-33)37-28-35(23-25-45(37)53-44)51-42-20-9-10-21-43(42)52-41-19-8-7-18-38(41)50-47(51)52/h1-29H. The maximum absolute atomic E-state index is 6.40. The highest BCUT2D eigenvalue weighted by Gasteiger charge is 2.18. The molecule has 0 spiro atoms. The Balaban J connectivity index is 1.04. The van der Waals surface area contributed by atoms with Crippen molar-refractivity contribution in [2.75, 3.05) is 0 Å². The summed E-state index contributed by atoms with van der Waals surface area (Å²) in [7, 11) is 0. The third-order valence-electron chi connectivity index (χ3n) is 10.1. The zero-order chi connectivity index (χ0) is 34.9. The van der Waals surface area contributed by atoms with E-state index in [1.165, 1.54) is 0 Å². The van der Waals surface area contributed by atoms with Crippen LogP contribution >= 0.6 is 0 Å². The molecule has 0 fully saturated rings. The van der Waals surface area contributed by atoms with E-state index in [2.05, 4.69) is 142 Å². The van der Waals surface area contributed by atoms with E-state index >= 15 is 0 Å². The first-order valence-corrected chi connectivity index (χ1v) is 17.7. The lowest BCUT2D eigenvalue weighted by Gasteiger charge is -2.10. The minimum atomic E-state index is 0.700. The Hall–Kier alpha value is -7.31. The Morgan fingerprint density at radius 1 is 0.396 bits per heavy atom. The number of hydrogen-bond acceptors (Lipinski definition) is 4. The van der Waals surface area contributed by atoms with Crippen molar-refractivity contribution in [2.24, 2.45) is 0 Å². The third kappa shape index (κ3) is 4.77. The van der Waals surface area contributed by atoms with Gasteiger partial charge in [0.25, 0.3) is 0 Å². The molecule has 0 aliphatic heterocycles. The molecule has 0 N–H and O–H groups in total. The van der Waals surface area contributed by atoms with E-state index in [9.17, 15) is 0 Å². The minimum absolute atomic E-state index is 0.700. The Morgan fingerprint density at radius 2 is 1.00 bits per heavy atom. The molecule has 4 heterocycles. The van der Waals surface area contributed by atoms with Gasteiger partial charge in [0.15, 0.2) is 5.82 Å². The van der Waals surface area contributed by atoms with Crippen LogP contribution in [-0.4, -0.2) is 23.9 Å². The molecule has 11 aromatic rings. The fourth-order valence-corrected chi connectivity index (χ4v) is 7.62. The maximum Gasteiger partial charge on any atom is 0.220 e. The van der Waals surface area contributed by atoms with Gasteiger partial charge in [0, 0.05) is 27.5 Å². The Morgan fingerprint density at radius 3 is 1.81 bits per heavy atom. The minimum Gasteiger partial charge on any atom is -0.456 e. The summed E-state index contributed by atoms with van der Waals surface area (Å²) >= 11 is 0. The van der Waals surface area contributed by atoms with Crippen LogP contribution in [0.5, 0.6) is 0 Å². The Bertz CT molecular complexity index is 3120. The fourth-order valence-electron chi connectivity index (χ4n) is 7.62. The van der Waals surface area contributed by atoms with Crippen molar-refractivity contribution < 1.29 is 4.42 Å². The maximum atomic E-state index is 6.40. The molecule has 7 aromatic carbocycles. The second kappa shape index (κ2) is 11.6. The van der Waals surface area contributed by atoms with Gasteiger partial charge in [0.05, 0.1) is 39.1 Å². The van der Waals surface area contributed by atoms with Crippen molar-refractivity contribution in [3.05, 3.63) is 176 Å². The highest BCUT2D eigenvalue weighted by molar-refractivity contribution is 6.07. The average Bonchev–Trinajstić information content (AvgIpc) is 3.89. The molecule has 0 aliphatic rings. The summed E-state index contributed by atoms with van der Waals surface area (Å²) in [6.45, 7) is 0. The van der Waals surface area contributed by atoms with Crippen LogP contribution < -0.4 is 0 Å². The smallest absolute Gasteiger partial charge is 0.220 e. The number of hydrogen-bond donors (Lipinski definition) is 0. The molecule has 4 aromatic heterocycles. The first kappa shape index (κ1) is 29.4. The van der Waals surface area contributed by atoms with Crippen molar-refractivity contribution in [3.8, 4) is 50.7 Å². The highest BCUT2D eigenvalue weighted by Crippen LogP contribution is 2.37. The molecule has 0 amide bonds. The van der Waals surface area contributed by atoms with Gasteiger partial charge in [-0.05, 0) is 77.9 Å². The lowest BCUT2D eigenvalue weighted by Crippen LogP contribution is -1.96. The summed E-state index contributed by atoms with van der Waals surface area (Å²) in [4.78, 5) is 15.1. The molecule has 0 bridgehead atoms. The Labute approximate surface area is 303 Å². The van der Waals surface area contributed by atoms with Crippen molar-refractivity contribution in [2.45, 2.75) is 0 Å². The van der Waals surface area contributed by atoms with Crippen LogP contribution in [0.3, 0.4) is 0 Å². The summed E-state index contributed by atoms with van der Waals surface area (Å²) < 4.78 is 10.9. The molecule has 0 atom stereocenters. The molecule has 0 unspecified atom stereocenters. The second-order valence-corrected chi connectivity index (χ2v) is 13.3.